The Morgan fingerprint density at radius 2 is 1.93 bits per heavy atom. The van der Waals surface area contributed by atoms with Gasteiger partial charge in [-0.15, -0.1) is 0 Å². The van der Waals surface area contributed by atoms with Gasteiger partial charge in [0.25, 0.3) is 0 Å². The summed E-state index contributed by atoms with van der Waals surface area (Å²) in [6.45, 7) is 4.13. The number of carboxylic acid groups (broad SMARTS) is 1. The Morgan fingerprint density at radius 3 is 2.40 bits per heavy atom. The van der Waals surface area contributed by atoms with Crippen molar-refractivity contribution in [1.29, 1.82) is 0 Å². The number of hydrogen-bond donors (Lipinski definition) is 3. The van der Waals surface area contributed by atoms with Gasteiger partial charge >= 0.3 is 5.97 Å². The van der Waals surface area contributed by atoms with Crippen LogP contribution in [0.5, 0.6) is 0 Å². The molecule has 0 spiro atoms. The summed E-state index contributed by atoms with van der Waals surface area (Å²) in [5, 5.41) is 14.4. The third kappa shape index (κ3) is 6.06. The molecular formula is C10H20N2O3. The minimum Gasteiger partial charge on any atom is -0.481 e. The number of amides is 1. The lowest BCUT2D eigenvalue weighted by Gasteiger charge is -2.19. The largest absolute Gasteiger partial charge is 0.481 e. The zero-order valence-corrected chi connectivity index (χ0v) is 9.59. The van der Waals surface area contributed by atoms with Gasteiger partial charge in [-0.3, -0.25) is 9.59 Å². The number of nitrogens with one attached hydrogen (secondary N) is 2. The number of carboxylic acids is 1. The smallest absolute Gasteiger partial charge is 0.310 e. The van der Waals surface area contributed by atoms with E-state index in [0.29, 0.717) is 6.42 Å². The molecular weight excluding hydrogens is 196 g/mol. The van der Waals surface area contributed by atoms with Crippen LogP contribution in [0.25, 0.3) is 0 Å². The van der Waals surface area contributed by atoms with Crippen LogP contribution < -0.4 is 10.6 Å². The maximum Gasteiger partial charge on any atom is 0.310 e. The summed E-state index contributed by atoms with van der Waals surface area (Å²) in [7, 11) is 1.82. The molecule has 0 aliphatic rings. The van der Waals surface area contributed by atoms with Gasteiger partial charge < -0.3 is 15.7 Å². The molecule has 15 heavy (non-hydrogen) atoms. The highest BCUT2D eigenvalue weighted by atomic mass is 16.4. The predicted octanol–water partition coefficient (Wildman–Crippen LogP) is 0.213. The van der Waals surface area contributed by atoms with Crippen LogP contribution in [0.2, 0.25) is 0 Å². The van der Waals surface area contributed by atoms with E-state index in [2.05, 4.69) is 10.6 Å². The van der Waals surface area contributed by atoms with E-state index in [0.717, 1.165) is 13.0 Å². The van der Waals surface area contributed by atoms with Crippen LogP contribution in [-0.4, -0.2) is 37.1 Å². The van der Waals surface area contributed by atoms with Crippen LogP contribution in [0.3, 0.4) is 0 Å². The van der Waals surface area contributed by atoms with E-state index in [4.69, 9.17) is 5.11 Å². The van der Waals surface area contributed by atoms with Gasteiger partial charge in [0.1, 0.15) is 0 Å². The van der Waals surface area contributed by atoms with Gasteiger partial charge in [0.05, 0.1) is 5.41 Å². The lowest BCUT2D eigenvalue weighted by atomic mass is 9.94. The molecule has 0 atom stereocenters. The molecule has 0 aliphatic heterocycles. The molecule has 0 heterocycles. The first-order chi connectivity index (χ1) is 6.90. The summed E-state index contributed by atoms with van der Waals surface area (Å²) in [6.07, 6.45) is 1.19. The molecule has 0 unspecified atom stereocenters. The summed E-state index contributed by atoms with van der Waals surface area (Å²) >= 11 is 0. The number of carbonyl (C=O) groups excluding carboxylic acids is 1. The van der Waals surface area contributed by atoms with Gasteiger partial charge in [0, 0.05) is 13.0 Å². The third-order valence-electron chi connectivity index (χ3n) is 2.14. The Hall–Kier alpha value is -1.10. The topological polar surface area (TPSA) is 78.4 Å². The van der Waals surface area contributed by atoms with Crippen molar-refractivity contribution >= 4 is 11.9 Å². The monoisotopic (exact) mass is 216 g/mol. The van der Waals surface area contributed by atoms with Crippen LogP contribution in [0, 0.1) is 5.41 Å². The first kappa shape index (κ1) is 13.9. The Morgan fingerprint density at radius 1 is 1.33 bits per heavy atom. The van der Waals surface area contributed by atoms with Crippen molar-refractivity contribution in [3.05, 3.63) is 0 Å². The number of rotatable bonds is 7. The zero-order valence-electron chi connectivity index (χ0n) is 9.59. The van der Waals surface area contributed by atoms with E-state index < -0.39 is 11.4 Å². The lowest BCUT2D eigenvalue weighted by Crippen LogP contribution is -2.38. The number of hydrogen-bond acceptors (Lipinski definition) is 3. The molecule has 0 saturated heterocycles. The van der Waals surface area contributed by atoms with E-state index in [1.165, 1.54) is 0 Å². The van der Waals surface area contributed by atoms with Gasteiger partial charge in [0.15, 0.2) is 0 Å². The van der Waals surface area contributed by atoms with Gasteiger partial charge in [-0.1, -0.05) is 0 Å². The van der Waals surface area contributed by atoms with Crippen molar-refractivity contribution < 1.29 is 14.7 Å². The number of carbonyl (C=O) groups is 2. The highest BCUT2D eigenvalue weighted by Gasteiger charge is 2.27. The lowest BCUT2D eigenvalue weighted by molar-refractivity contribution is -0.146. The van der Waals surface area contributed by atoms with E-state index in [1.807, 2.05) is 7.05 Å². The average Bonchev–Trinajstić information content (AvgIpc) is 2.15. The predicted molar refractivity (Wildman–Crippen MR) is 57.6 cm³/mol. The van der Waals surface area contributed by atoms with Crippen LogP contribution in [0.15, 0.2) is 0 Å². The molecule has 0 rings (SSSR count). The van der Waals surface area contributed by atoms with Gasteiger partial charge in [-0.05, 0) is 33.9 Å². The Kier molecular flexibility index (Phi) is 5.93. The molecule has 0 aromatic rings. The highest BCUT2D eigenvalue weighted by Crippen LogP contribution is 2.12. The second-order valence-corrected chi connectivity index (χ2v) is 4.17. The second kappa shape index (κ2) is 6.40. The quantitative estimate of drug-likeness (QED) is 0.532. The average molecular weight is 216 g/mol. The first-order valence-corrected chi connectivity index (χ1v) is 5.05. The maximum absolute atomic E-state index is 11.3. The van der Waals surface area contributed by atoms with Crippen molar-refractivity contribution in [2.45, 2.75) is 26.7 Å². The molecule has 3 N–H and O–H groups in total. The molecule has 1 amide bonds. The van der Waals surface area contributed by atoms with Crippen molar-refractivity contribution in [3.8, 4) is 0 Å². The van der Waals surface area contributed by atoms with E-state index >= 15 is 0 Å². The fraction of sp³-hybridized carbons (Fsp3) is 0.800. The van der Waals surface area contributed by atoms with Gasteiger partial charge in [-0.2, -0.15) is 0 Å². The molecule has 0 saturated carbocycles. The minimum absolute atomic E-state index is 0.0976. The molecule has 5 nitrogen and oxygen atoms in total. The Labute approximate surface area is 90.2 Å². The molecule has 0 aliphatic carbocycles. The normalized spacial score (nSPS) is 11.1. The van der Waals surface area contributed by atoms with E-state index in [1.54, 1.807) is 13.8 Å². The summed E-state index contributed by atoms with van der Waals surface area (Å²) < 4.78 is 0. The summed E-state index contributed by atoms with van der Waals surface area (Å²) in [4.78, 5) is 22.0. The number of aliphatic carboxylic acids is 1. The third-order valence-corrected chi connectivity index (χ3v) is 2.14. The summed E-state index contributed by atoms with van der Waals surface area (Å²) in [6, 6.07) is 0. The molecule has 0 radical (unpaired) electrons. The second-order valence-electron chi connectivity index (χ2n) is 4.17. The van der Waals surface area contributed by atoms with E-state index in [9.17, 15) is 9.59 Å². The van der Waals surface area contributed by atoms with Crippen molar-refractivity contribution in [2.24, 2.45) is 5.41 Å². The van der Waals surface area contributed by atoms with Crippen LogP contribution in [0.1, 0.15) is 26.7 Å². The van der Waals surface area contributed by atoms with Gasteiger partial charge in [-0.25, -0.2) is 0 Å². The first-order valence-electron chi connectivity index (χ1n) is 5.05. The SMILES string of the molecule is CNCCCC(=O)NCC(C)(C)C(=O)O. The van der Waals surface area contributed by atoms with E-state index in [-0.39, 0.29) is 12.5 Å². The van der Waals surface area contributed by atoms with Crippen molar-refractivity contribution in [1.82, 2.24) is 10.6 Å². The van der Waals surface area contributed by atoms with Crippen LogP contribution in [0.4, 0.5) is 0 Å². The Balaban J connectivity index is 3.75. The van der Waals surface area contributed by atoms with Crippen molar-refractivity contribution in [3.63, 3.8) is 0 Å². The summed E-state index contributed by atoms with van der Waals surface area (Å²) in [5.74, 6) is -1.00. The fourth-order valence-corrected chi connectivity index (χ4v) is 0.909. The molecule has 5 heteroatoms. The van der Waals surface area contributed by atoms with Gasteiger partial charge in [0.2, 0.25) is 5.91 Å². The minimum atomic E-state index is -0.905. The molecule has 0 fully saturated rings. The zero-order chi connectivity index (χ0) is 11.9. The molecule has 88 valence electrons. The Bertz CT molecular complexity index is 227. The molecule has 0 aromatic heterocycles. The standard InChI is InChI=1S/C10H20N2O3/c1-10(2,9(14)15)7-12-8(13)5-4-6-11-3/h11H,4-7H2,1-3H3,(H,12,13)(H,14,15). The molecule has 0 bridgehead atoms. The molecule has 0 aromatic carbocycles. The van der Waals surface area contributed by atoms with Crippen molar-refractivity contribution in [2.75, 3.05) is 20.1 Å². The van der Waals surface area contributed by atoms with Crippen LogP contribution >= 0.6 is 0 Å². The maximum atomic E-state index is 11.3. The highest BCUT2D eigenvalue weighted by molar-refractivity contribution is 5.78. The summed E-state index contributed by atoms with van der Waals surface area (Å²) in [5.41, 5.74) is -0.904. The fourth-order valence-electron chi connectivity index (χ4n) is 0.909. The van der Waals surface area contributed by atoms with Crippen LogP contribution in [-0.2, 0) is 9.59 Å².